The first-order valence-electron chi connectivity index (χ1n) is 7.00. The number of carbonyl (C=O) groups excluding carboxylic acids is 1. The molecular weight excluding hydrogens is 276 g/mol. The lowest BCUT2D eigenvalue weighted by atomic mass is 9.79. The van der Waals surface area contributed by atoms with Gasteiger partial charge in [-0.3, -0.25) is 0 Å². The van der Waals surface area contributed by atoms with Gasteiger partial charge in [-0.05, 0) is 38.1 Å². The van der Waals surface area contributed by atoms with Crippen LogP contribution in [0.2, 0.25) is 5.02 Å². The summed E-state index contributed by atoms with van der Waals surface area (Å²) < 4.78 is 5.30. The van der Waals surface area contributed by atoms with Crippen molar-refractivity contribution in [3.05, 3.63) is 29.3 Å². The van der Waals surface area contributed by atoms with Gasteiger partial charge in [0.15, 0.2) is 0 Å². The van der Waals surface area contributed by atoms with Gasteiger partial charge in [0.2, 0.25) is 0 Å². The molecule has 5 heteroatoms. The molecule has 0 bridgehead atoms. The Hall–Kier alpha value is -1.26. The molecule has 0 aliphatic carbocycles. The largest absolute Gasteiger partial charge is 0.464 e. The number of carbonyl (C=O) groups is 1. The zero-order chi connectivity index (χ0) is 14.6. The Balaban J connectivity index is 2.28. The second kappa shape index (κ2) is 6.46. The highest BCUT2D eigenvalue weighted by atomic mass is 35.5. The number of hydrogen-bond donors (Lipinski definition) is 2. The molecule has 2 unspecified atom stereocenters. The number of anilines is 1. The minimum absolute atomic E-state index is 0.134. The molecule has 1 aromatic rings. The zero-order valence-electron chi connectivity index (χ0n) is 11.9. The van der Waals surface area contributed by atoms with E-state index in [2.05, 4.69) is 17.6 Å². The number of esters is 1. The first kappa shape index (κ1) is 15.1. The van der Waals surface area contributed by atoms with E-state index in [1.54, 1.807) is 0 Å². The normalized spacial score (nSPS) is 26.1. The first-order chi connectivity index (χ1) is 9.58. The quantitative estimate of drug-likeness (QED) is 0.839. The van der Waals surface area contributed by atoms with Gasteiger partial charge < -0.3 is 15.4 Å². The van der Waals surface area contributed by atoms with Gasteiger partial charge in [0.05, 0.1) is 6.61 Å². The Bertz CT molecular complexity index is 481. The predicted molar refractivity (Wildman–Crippen MR) is 81.1 cm³/mol. The summed E-state index contributed by atoms with van der Waals surface area (Å²) in [6, 6.07) is 7.43. The topological polar surface area (TPSA) is 50.4 Å². The Morgan fingerprint density at radius 1 is 1.60 bits per heavy atom. The van der Waals surface area contributed by atoms with Crippen molar-refractivity contribution in [2.24, 2.45) is 5.92 Å². The van der Waals surface area contributed by atoms with Crippen LogP contribution in [0.25, 0.3) is 0 Å². The summed E-state index contributed by atoms with van der Waals surface area (Å²) in [7, 11) is 0. The number of piperidine rings is 1. The van der Waals surface area contributed by atoms with Crippen LogP contribution in [0.1, 0.15) is 20.3 Å². The van der Waals surface area contributed by atoms with Crippen molar-refractivity contribution < 1.29 is 9.53 Å². The first-order valence-corrected chi connectivity index (χ1v) is 7.38. The summed E-state index contributed by atoms with van der Waals surface area (Å²) >= 11 is 6.02. The highest BCUT2D eigenvalue weighted by Gasteiger charge is 2.46. The van der Waals surface area contributed by atoms with Gasteiger partial charge in [0, 0.05) is 23.2 Å². The molecule has 0 amide bonds. The fourth-order valence-electron chi connectivity index (χ4n) is 2.65. The van der Waals surface area contributed by atoms with Gasteiger partial charge in [-0.25, -0.2) is 4.79 Å². The molecule has 4 nitrogen and oxygen atoms in total. The SMILES string of the molecule is CCOC(=O)C1(Nc2cccc(Cl)c2)CCNCC1C. The third-order valence-electron chi connectivity index (χ3n) is 3.82. The van der Waals surface area contributed by atoms with Gasteiger partial charge in [-0.1, -0.05) is 24.6 Å². The molecule has 0 saturated carbocycles. The standard InChI is InChI=1S/C15H21ClN2O2/c1-3-20-14(19)15(7-8-17-10-11(15)2)18-13-6-4-5-12(16)9-13/h4-6,9,11,17-18H,3,7-8,10H2,1-2H3. The Labute approximate surface area is 124 Å². The molecule has 2 N–H and O–H groups in total. The van der Waals surface area contributed by atoms with Crippen LogP contribution in [0.4, 0.5) is 5.69 Å². The summed E-state index contributed by atoms with van der Waals surface area (Å²) in [6.45, 7) is 5.85. The van der Waals surface area contributed by atoms with Crippen LogP contribution in [-0.2, 0) is 9.53 Å². The molecule has 1 fully saturated rings. The lowest BCUT2D eigenvalue weighted by Gasteiger charge is -2.41. The fourth-order valence-corrected chi connectivity index (χ4v) is 2.84. The van der Waals surface area contributed by atoms with Crippen LogP contribution in [-0.4, -0.2) is 31.2 Å². The van der Waals surface area contributed by atoms with E-state index in [1.807, 2.05) is 31.2 Å². The number of hydrogen-bond acceptors (Lipinski definition) is 4. The zero-order valence-corrected chi connectivity index (χ0v) is 12.7. The molecule has 0 aromatic heterocycles. The Kier molecular flexibility index (Phi) is 4.89. The number of halogens is 1. The van der Waals surface area contributed by atoms with Crippen LogP contribution in [0.15, 0.2) is 24.3 Å². The summed E-state index contributed by atoms with van der Waals surface area (Å²) in [4.78, 5) is 12.5. The van der Waals surface area contributed by atoms with Crippen molar-refractivity contribution in [1.29, 1.82) is 0 Å². The Morgan fingerprint density at radius 3 is 3.05 bits per heavy atom. The highest BCUT2D eigenvalue weighted by Crippen LogP contribution is 2.31. The van der Waals surface area contributed by atoms with Gasteiger partial charge in [-0.15, -0.1) is 0 Å². The molecule has 1 heterocycles. The number of benzene rings is 1. The lowest BCUT2D eigenvalue weighted by Crippen LogP contribution is -2.59. The van der Waals surface area contributed by atoms with E-state index >= 15 is 0 Å². The minimum atomic E-state index is -0.689. The van der Waals surface area contributed by atoms with E-state index in [9.17, 15) is 4.79 Å². The molecule has 110 valence electrons. The van der Waals surface area contributed by atoms with E-state index in [4.69, 9.17) is 16.3 Å². The second-order valence-electron chi connectivity index (χ2n) is 5.18. The monoisotopic (exact) mass is 296 g/mol. The van der Waals surface area contributed by atoms with E-state index < -0.39 is 5.54 Å². The molecule has 1 aromatic carbocycles. The number of nitrogens with one attached hydrogen (secondary N) is 2. The maximum absolute atomic E-state index is 12.5. The van der Waals surface area contributed by atoms with Crippen molar-refractivity contribution in [2.75, 3.05) is 25.0 Å². The summed E-state index contributed by atoms with van der Waals surface area (Å²) in [5.41, 5.74) is 0.158. The molecular formula is C15H21ClN2O2. The molecule has 0 spiro atoms. The molecule has 2 rings (SSSR count). The summed E-state index contributed by atoms with van der Waals surface area (Å²) in [5.74, 6) is -0.0525. The van der Waals surface area contributed by atoms with Crippen molar-refractivity contribution >= 4 is 23.3 Å². The molecule has 2 atom stereocenters. The van der Waals surface area contributed by atoms with E-state index in [0.29, 0.717) is 18.1 Å². The second-order valence-corrected chi connectivity index (χ2v) is 5.62. The van der Waals surface area contributed by atoms with Gasteiger partial charge >= 0.3 is 5.97 Å². The third kappa shape index (κ3) is 3.07. The van der Waals surface area contributed by atoms with Crippen LogP contribution < -0.4 is 10.6 Å². The number of ether oxygens (including phenoxy) is 1. The molecule has 20 heavy (non-hydrogen) atoms. The van der Waals surface area contributed by atoms with Crippen molar-refractivity contribution in [3.63, 3.8) is 0 Å². The predicted octanol–water partition coefficient (Wildman–Crippen LogP) is 2.68. The summed E-state index contributed by atoms with van der Waals surface area (Å²) in [6.07, 6.45) is 0.694. The molecule has 1 aliphatic rings. The number of rotatable bonds is 4. The molecule has 1 saturated heterocycles. The maximum atomic E-state index is 12.5. The van der Waals surface area contributed by atoms with Gasteiger partial charge in [0.1, 0.15) is 5.54 Å². The maximum Gasteiger partial charge on any atom is 0.332 e. The third-order valence-corrected chi connectivity index (χ3v) is 4.05. The smallest absolute Gasteiger partial charge is 0.332 e. The lowest BCUT2D eigenvalue weighted by molar-refractivity contribution is -0.151. The van der Waals surface area contributed by atoms with E-state index in [1.165, 1.54) is 0 Å². The van der Waals surface area contributed by atoms with Gasteiger partial charge in [0.25, 0.3) is 0 Å². The van der Waals surface area contributed by atoms with Crippen LogP contribution in [0.3, 0.4) is 0 Å². The minimum Gasteiger partial charge on any atom is -0.464 e. The average Bonchev–Trinajstić information content (AvgIpc) is 2.42. The van der Waals surface area contributed by atoms with Crippen LogP contribution >= 0.6 is 11.6 Å². The average molecular weight is 297 g/mol. The van der Waals surface area contributed by atoms with E-state index in [0.717, 1.165) is 18.8 Å². The molecule has 1 aliphatic heterocycles. The highest BCUT2D eigenvalue weighted by molar-refractivity contribution is 6.30. The molecule has 0 radical (unpaired) electrons. The van der Waals surface area contributed by atoms with Gasteiger partial charge in [-0.2, -0.15) is 0 Å². The van der Waals surface area contributed by atoms with Crippen molar-refractivity contribution in [2.45, 2.75) is 25.8 Å². The van der Waals surface area contributed by atoms with E-state index in [-0.39, 0.29) is 11.9 Å². The van der Waals surface area contributed by atoms with Crippen LogP contribution in [0, 0.1) is 5.92 Å². The van der Waals surface area contributed by atoms with Crippen molar-refractivity contribution in [3.8, 4) is 0 Å². The fraction of sp³-hybridized carbons (Fsp3) is 0.533. The Morgan fingerprint density at radius 2 is 2.40 bits per heavy atom. The van der Waals surface area contributed by atoms with Crippen molar-refractivity contribution in [1.82, 2.24) is 5.32 Å². The van der Waals surface area contributed by atoms with Crippen LogP contribution in [0.5, 0.6) is 0 Å². The summed E-state index contributed by atoms with van der Waals surface area (Å²) in [5, 5.41) is 7.33.